The smallest absolute Gasteiger partial charge is 0.261 e. The molecule has 8 nitrogen and oxygen atoms in total. The van der Waals surface area contributed by atoms with Crippen LogP contribution in [0.25, 0.3) is 0 Å². The second-order valence-electron chi connectivity index (χ2n) is 7.12. The van der Waals surface area contributed by atoms with Crippen molar-refractivity contribution < 1.29 is 13.2 Å². The highest BCUT2D eigenvalue weighted by Gasteiger charge is 2.35. The average molecular weight is 458 g/mol. The predicted molar refractivity (Wildman–Crippen MR) is 120 cm³/mol. The molecule has 4 rings (SSSR count). The minimum Gasteiger partial charge on any atom is -0.404 e. The van der Waals surface area contributed by atoms with E-state index in [1.165, 1.54) is 18.3 Å². The highest BCUT2D eigenvalue weighted by molar-refractivity contribution is 7.92. The number of carbonyl (C=O) groups is 1. The average Bonchev–Trinajstić information content (AvgIpc) is 2.74. The topological polar surface area (TPSA) is 140 Å². The van der Waals surface area contributed by atoms with E-state index in [1.54, 1.807) is 36.4 Å². The van der Waals surface area contributed by atoms with Gasteiger partial charge in [0.25, 0.3) is 10.0 Å². The van der Waals surface area contributed by atoms with E-state index in [2.05, 4.69) is 15.0 Å². The van der Waals surface area contributed by atoms with Gasteiger partial charge in [0, 0.05) is 40.5 Å². The number of rotatable bonds is 4. The summed E-state index contributed by atoms with van der Waals surface area (Å²) in [4.78, 5) is 17.0. The lowest BCUT2D eigenvalue weighted by molar-refractivity contribution is -0.115. The standard InChI is InChI=1S/C21H20ClN5O3S/c22-13-3-5-14(6-4-13)27-31(29,30)15-7-1-12(2-8-15)19-16(9-23)21(24)26-17-10-25-11-18(28)20(17)19/h1-9,19,25,27H,10-11,23H2,(H2,24,26)/b16-9-. The molecule has 31 heavy (non-hydrogen) atoms. The Morgan fingerprint density at radius 3 is 2.42 bits per heavy atom. The molecule has 0 saturated heterocycles. The molecule has 1 atom stereocenters. The van der Waals surface area contributed by atoms with Gasteiger partial charge in [-0.25, -0.2) is 13.4 Å². The molecule has 0 aromatic heterocycles. The molecule has 2 aromatic rings. The number of sulfonamides is 1. The van der Waals surface area contributed by atoms with Crippen molar-refractivity contribution in [2.75, 3.05) is 17.8 Å². The molecule has 0 aliphatic carbocycles. The van der Waals surface area contributed by atoms with Crippen molar-refractivity contribution >= 4 is 38.9 Å². The van der Waals surface area contributed by atoms with Gasteiger partial charge in [0.2, 0.25) is 0 Å². The van der Waals surface area contributed by atoms with Gasteiger partial charge in [0.1, 0.15) is 5.84 Å². The first-order chi connectivity index (χ1) is 14.8. The number of ketones is 1. The molecule has 0 bridgehead atoms. The number of nitrogens with two attached hydrogens (primary N) is 2. The highest BCUT2D eigenvalue weighted by atomic mass is 35.5. The Bertz CT molecular complexity index is 1230. The molecule has 0 saturated carbocycles. The van der Waals surface area contributed by atoms with E-state index < -0.39 is 15.9 Å². The largest absolute Gasteiger partial charge is 0.404 e. The summed E-state index contributed by atoms with van der Waals surface area (Å²) in [7, 11) is -3.81. The van der Waals surface area contributed by atoms with Crippen molar-refractivity contribution in [1.29, 1.82) is 0 Å². The number of hydrogen-bond acceptors (Lipinski definition) is 7. The number of aliphatic imine (C=N–C) groups is 1. The van der Waals surface area contributed by atoms with Crippen LogP contribution in [0, 0.1) is 0 Å². The van der Waals surface area contributed by atoms with Gasteiger partial charge < -0.3 is 16.8 Å². The Morgan fingerprint density at radius 2 is 1.77 bits per heavy atom. The maximum atomic E-state index is 12.7. The van der Waals surface area contributed by atoms with Gasteiger partial charge in [0.05, 0.1) is 17.1 Å². The third kappa shape index (κ3) is 4.07. The summed E-state index contributed by atoms with van der Waals surface area (Å²) in [5.41, 5.74) is 14.6. The van der Waals surface area contributed by atoms with E-state index in [4.69, 9.17) is 23.1 Å². The summed E-state index contributed by atoms with van der Waals surface area (Å²) in [6.45, 7) is 0.619. The quantitative estimate of drug-likeness (QED) is 0.552. The zero-order valence-corrected chi connectivity index (χ0v) is 17.9. The Kier molecular flexibility index (Phi) is 5.57. The van der Waals surface area contributed by atoms with E-state index in [-0.39, 0.29) is 23.1 Å². The van der Waals surface area contributed by atoms with Gasteiger partial charge >= 0.3 is 0 Å². The minimum atomic E-state index is -3.81. The Hall–Kier alpha value is -3.14. The van der Waals surface area contributed by atoms with Crippen molar-refractivity contribution in [2.45, 2.75) is 10.8 Å². The monoisotopic (exact) mass is 457 g/mol. The van der Waals surface area contributed by atoms with Crippen LogP contribution >= 0.6 is 11.6 Å². The van der Waals surface area contributed by atoms with E-state index in [0.717, 1.165) is 0 Å². The highest BCUT2D eigenvalue weighted by Crippen LogP contribution is 2.38. The second-order valence-corrected chi connectivity index (χ2v) is 9.24. The second kappa shape index (κ2) is 8.18. The first-order valence-corrected chi connectivity index (χ1v) is 11.3. The maximum absolute atomic E-state index is 12.7. The molecule has 2 heterocycles. The summed E-state index contributed by atoms with van der Waals surface area (Å²) in [5.74, 6) is -0.361. The number of amidine groups is 1. The maximum Gasteiger partial charge on any atom is 0.261 e. The van der Waals surface area contributed by atoms with Crippen LogP contribution in [0.4, 0.5) is 5.69 Å². The van der Waals surface area contributed by atoms with E-state index in [9.17, 15) is 13.2 Å². The molecule has 0 radical (unpaired) electrons. The van der Waals surface area contributed by atoms with E-state index in [0.29, 0.717) is 39.7 Å². The zero-order valence-electron chi connectivity index (χ0n) is 16.3. The molecular formula is C21H20ClN5O3S. The number of anilines is 1. The molecule has 2 aliphatic heterocycles. The van der Waals surface area contributed by atoms with Gasteiger partial charge in [-0.15, -0.1) is 0 Å². The number of benzene rings is 2. The van der Waals surface area contributed by atoms with Crippen molar-refractivity contribution in [3.8, 4) is 0 Å². The van der Waals surface area contributed by atoms with Crippen molar-refractivity contribution in [3.05, 3.63) is 82.2 Å². The lowest BCUT2D eigenvalue weighted by atomic mass is 9.79. The van der Waals surface area contributed by atoms with Gasteiger partial charge in [-0.3, -0.25) is 9.52 Å². The van der Waals surface area contributed by atoms with Crippen molar-refractivity contribution in [1.82, 2.24) is 5.32 Å². The normalized spacial score (nSPS) is 20.4. The molecule has 0 spiro atoms. The number of nitrogens with zero attached hydrogens (tertiary/aromatic N) is 1. The lowest BCUT2D eigenvalue weighted by Gasteiger charge is -2.31. The Balaban J connectivity index is 1.68. The molecule has 6 N–H and O–H groups in total. The number of Topliss-reactive ketones (excluding diaryl/α,β-unsaturated/α-hetero) is 1. The SMILES string of the molecule is N/C=C1\C(N)=NC2=C(C(=O)CNC2)C1c1ccc(S(=O)(=O)Nc2ccc(Cl)cc2)cc1. The van der Waals surface area contributed by atoms with Crippen LogP contribution in [0.3, 0.4) is 0 Å². The van der Waals surface area contributed by atoms with Crippen molar-refractivity contribution in [3.63, 3.8) is 0 Å². The summed E-state index contributed by atoms with van der Waals surface area (Å²) in [6, 6.07) is 12.6. The number of hydrogen-bond donors (Lipinski definition) is 4. The summed E-state index contributed by atoms with van der Waals surface area (Å²) >= 11 is 5.84. The molecule has 2 aliphatic rings. The number of carbonyl (C=O) groups excluding carboxylic acids is 1. The molecule has 0 fully saturated rings. The molecular weight excluding hydrogens is 438 g/mol. The van der Waals surface area contributed by atoms with Gasteiger partial charge in [0.15, 0.2) is 5.78 Å². The zero-order chi connectivity index (χ0) is 22.2. The van der Waals surface area contributed by atoms with Crippen LogP contribution in [0.2, 0.25) is 5.02 Å². The number of halogens is 1. The van der Waals surface area contributed by atoms with Crippen LogP contribution in [-0.2, 0) is 14.8 Å². The molecule has 10 heteroatoms. The van der Waals surface area contributed by atoms with Gasteiger partial charge in [-0.1, -0.05) is 23.7 Å². The molecule has 160 valence electrons. The molecule has 0 amide bonds. The van der Waals surface area contributed by atoms with Gasteiger partial charge in [-0.2, -0.15) is 0 Å². The van der Waals surface area contributed by atoms with Gasteiger partial charge in [-0.05, 0) is 42.0 Å². The van der Waals surface area contributed by atoms with Crippen LogP contribution in [-0.4, -0.2) is 33.1 Å². The molecule has 2 aromatic carbocycles. The summed E-state index contributed by atoms with van der Waals surface area (Å²) in [5, 5.41) is 3.51. The Morgan fingerprint density at radius 1 is 1.10 bits per heavy atom. The third-order valence-electron chi connectivity index (χ3n) is 5.14. The fraction of sp³-hybridized carbons (Fsp3) is 0.143. The first-order valence-electron chi connectivity index (χ1n) is 9.42. The van der Waals surface area contributed by atoms with E-state index in [1.807, 2.05) is 0 Å². The van der Waals surface area contributed by atoms with Crippen LogP contribution in [0.1, 0.15) is 11.5 Å². The molecule has 1 unspecified atom stereocenters. The fourth-order valence-corrected chi connectivity index (χ4v) is 4.87. The summed E-state index contributed by atoms with van der Waals surface area (Å²) in [6.07, 6.45) is 1.34. The fourth-order valence-electron chi connectivity index (χ4n) is 3.69. The van der Waals surface area contributed by atoms with Crippen molar-refractivity contribution in [2.24, 2.45) is 16.5 Å². The van der Waals surface area contributed by atoms with Crippen LogP contribution in [0.5, 0.6) is 0 Å². The number of nitrogens with one attached hydrogen (secondary N) is 2. The van der Waals surface area contributed by atoms with Crippen LogP contribution < -0.4 is 21.5 Å². The Labute approximate surface area is 184 Å². The first kappa shape index (κ1) is 21.1. The third-order valence-corrected chi connectivity index (χ3v) is 6.79. The predicted octanol–water partition coefficient (Wildman–Crippen LogP) is 1.86. The van der Waals surface area contributed by atoms with E-state index >= 15 is 0 Å². The minimum absolute atomic E-state index is 0.0766. The lowest BCUT2D eigenvalue weighted by Crippen LogP contribution is -2.39. The van der Waals surface area contributed by atoms with Crippen LogP contribution in [0.15, 0.2) is 81.5 Å². The summed E-state index contributed by atoms with van der Waals surface area (Å²) < 4.78 is 28.0.